The highest BCUT2D eigenvalue weighted by molar-refractivity contribution is 6.17. The van der Waals surface area contributed by atoms with Gasteiger partial charge in [-0.15, -0.1) is 11.6 Å². The van der Waals surface area contributed by atoms with Crippen molar-refractivity contribution in [1.82, 2.24) is 4.90 Å². The van der Waals surface area contributed by atoms with Crippen LogP contribution in [0.25, 0.3) is 0 Å². The molecule has 1 amide bonds. The highest BCUT2D eigenvalue weighted by atomic mass is 35.5. The number of hydrogen-bond acceptors (Lipinski definition) is 1. The normalized spacial score (nSPS) is 14.2. The predicted molar refractivity (Wildman–Crippen MR) is 53.3 cm³/mol. The van der Waals surface area contributed by atoms with Gasteiger partial charge >= 0.3 is 6.09 Å². The van der Waals surface area contributed by atoms with Crippen molar-refractivity contribution in [3.63, 3.8) is 0 Å². The maximum atomic E-state index is 10.8. The first kappa shape index (κ1) is 9.34. The Morgan fingerprint density at radius 1 is 1.50 bits per heavy atom. The van der Waals surface area contributed by atoms with Crippen LogP contribution in [0.15, 0.2) is 18.2 Å². The molecule has 0 fully saturated rings. The van der Waals surface area contributed by atoms with E-state index in [-0.39, 0.29) is 0 Å². The van der Waals surface area contributed by atoms with E-state index in [1.165, 1.54) is 4.90 Å². The number of carboxylic acid groups (broad SMARTS) is 1. The van der Waals surface area contributed by atoms with E-state index in [1.807, 2.05) is 18.2 Å². The van der Waals surface area contributed by atoms with E-state index < -0.39 is 6.09 Å². The van der Waals surface area contributed by atoms with Gasteiger partial charge in [-0.1, -0.05) is 18.2 Å². The number of halogens is 1. The molecule has 1 aromatic carbocycles. The molecular weight excluding hydrogens is 202 g/mol. The van der Waals surface area contributed by atoms with Crippen LogP contribution in [0.5, 0.6) is 0 Å². The molecule has 1 aliphatic rings. The lowest BCUT2D eigenvalue weighted by atomic mass is 10.1. The van der Waals surface area contributed by atoms with E-state index in [0.717, 1.165) is 16.7 Å². The highest BCUT2D eigenvalue weighted by Gasteiger charge is 2.24. The van der Waals surface area contributed by atoms with Crippen molar-refractivity contribution in [3.8, 4) is 0 Å². The molecule has 0 unspecified atom stereocenters. The number of amides is 1. The molecule has 0 aliphatic carbocycles. The van der Waals surface area contributed by atoms with Crippen molar-refractivity contribution >= 4 is 17.7 Å². The fourth-order valence-corrected chi connectivity index (χ4v) is 2.00. The maximum absolute atomic E-state index is 10.8. The third-order valence-electron chi connectivity index (χ3n) is 2.49. The number of benzene rings is 1. The van der Waals surface area contributed by atoms with E-state index in [0.29, 0.717) is 19.0 Å². The van der Waals surface area contributed by atoms with Crippen LogP contribution in [0, 0.1) is 0 Å². The maximum Gasteiger partial charge on any atom is 0.407 e. The monoisotopic (exact) mass is 211 g/mol. The van der Waals surface area contributed by atoms with Crippen LogP contribution in [0.3, 0.4) is 0 Å². The Balaban J connectivity index is 2.34. The number of alkyl halides is 1. The summed E-state index contributed by atoms with van der Waals surface area (Å²) in [6, 6.07) is 5.81. The van der Waals surface area contributed by atoms with Gasteiger partial charge in [-0.25, -0.2) is 4.79 Å². The Hall–Kier alpha value is -1.22. The predicted octanol–water partition coefficient (Wildman–Crippen LogP) is 2.42. The smallest absolute Gasteiger partial charge is 0.407 e. The molecule has 1 aromatic rings. The second kappa shape index (κ2) is 3.50. The largest absolute Gasteiger partial charge is 0.465 e. The molecule has 0 spiro atoms. The quantitative estimate of drug-likeness (QED) is 0.725. The van der Waals surface area contributed by atoms with E-state index in [2.05, 4.69) is 0 Å². The SMILES string of the molecule is O=C(O)N1Cc2cccc(CCl)c2C1. The van der Waals surface area contributed by atoms with Crippen LogP contribution in [-0.4, -0.2) is 16.1 Å². The lowest BCUT2D eigenvalue weighted by molar-refractivity contribution is 0.145. The summed E-state index contributed by atoms with van der Waals surface area (Å²) in [5.41, 5.74) is 3.18. The molecule has 3 nitrogen and oxygen atoms in total. The molecular formula is C10H10ClNO2. The summed E-state index contributed by atoms with van der Waals surface area (Å²) in [6.07, 6.45) is -0.873. The topological polar surface area (TPSA) is 40.5 Å². The minimum atomic E-state index is -0.873. The first-order valence-electron chi connectivity index (χ1n) is 4.36. The van der Waals surface area contributed by atoms with Gasteiger partial charge in [0, 0.05) is 12.4 Å². The van der Waals surface area contributed by atoms with Gasteiger partial charge in [0.15, 0.2) is 0 Å². The van der Waals surface area contributed by atoms with Gasteiger partial charge in [0.05, 0.1) is 6.54 Å². The average molecular weight is 212 g/mol. The van der Waals surface area contributed by atoms with Gasteiger partial charge in [0.1, 0.15) is 0 Å². The summed E-state index contributed by atoms with van der Waals surface area (Å²) in [5.74, 6) is 0.441. The number of rotatable bonds is 1. The zero-order valence-corrected chi connectivity index (χ0v) is 8.29. The van der Waals surface area contributed by atoms with Crippen LogP contribution in [0.4, 0.5) is 4.79 Å². The molecule has 1 N–H and O–H groups in total. The number of fused-ring (bicyclic) bond motifs is 1. The van der Waals surface area contributed by atoms with E-state index in [4.69, 9.17) is 16.7 Å². The Kier molecular flexibility index (Phi) is 2.33. The molecule has 0 saturated heterocycles. The number of nitrogens with zero attached hydrogens (tertiary/aromatic N) is 1. The number of carbonyl (C=O) groups is 1. The third-order valence-corrected chi connectivity index (χ3v) is 2.78. The molecule has 2 rings (SSSR count). The van der Waals surface area contributed by atoms with Gasteiger partial charge in [-0.05, 0) is 16.7 Å². The van der Waals surface area contributed by atoms with Gasteiger partial charge < -0.3 is 5.11 Å². The van der Waals surface area contributed by atoms with Crippen LogP contribution in [0.2, 0.25) is 0 Å². The second-order valence-electron chi connectivity index (χ2n) is 3.33. The third kappa shape index (κ3) is 1.44. The number of hydrogen-bond donors (Lipinski definition) is 1. The molecule has 14 heavy (non-hydrogen) atoms. The van der Waals surface area contributed by atoms with Crippen LogP contribution < -0.4 is 0 Å². The van der Waals surface area contributed by atoms with Crippen molar-refractivity contribution in [1.29, 1.82) is 0 Å². The van der Waals surface area contributed by atoms with Crippen LogP contribution >= 0.6 is 11.6 Å². The summed E-state index contributed by atoms with van der Waals surface area (Å²) in [6.45, 7) is 0.947. The molecule has 4 heteroatoms. The van der Waals surface area contributed by atoms with Crippen LogP contribution in [-0.2, 0) is 19.0 Å². The molecule has 74 valence electrons. The summed E-state index contributed by atoms with van der Waals surface area (Å²) >= 11 is 5.77. The molecule has 0 bridgehead atoms. The minimum absolute atomic E-state index is 0.441. The van der Waals surface area contributed by atoms with E-state index >= 15 is 0 Å². The van der Waals surface area contributed by atoms with Gasteiger partial charge in [0.2, 0.25) is 0 Å². The van der Waals surface area contributed by atoms with Crippen molar-refractivity contribution in [2.75, 3.05) is 0 Å². The standard InChI is InChI=1S/C10H10ClNO2/c11-4-7-2-1-3-8-5-12(10(13)14)6-9(7)8/h1-3H,4-6H2,(H,13,14). The summed E-state index contributed by atoms with van der Waals surface area (Å²) in [7, 11) is 0. The lowest BCUT2D eigenvalue weighted by Crippen LogP contribution is -2.22. The Labute approximate surface area is 86.9 Å². The fourth-order valence-electron chi connectivity index (χ4n) is 1.75. The van der Waals surface area contributed by atoms with Crippen LogP contribution in [0.1, 0.15) is 16.7 Å². The summed E-state index contributed by atoms with van der Waals surface area (Å²) < 4.78 is 0. The Morgan fingerprint density at radius 3 is 2.93 bits per heavy atom. The van der Waals surface area contributed by atoms with E-state index in [9.17, 15) is 4.79 Å². The van der Waals surface area contributed by atoms with Gasteiger partial charge in [-0.2, -0.15) is 0 Å². The summed E-state index contributed by atoms with van der Waals surface area (Å²) in [5, 5.41) is 8.84. The lowest BCUT2D eigenvalue weighted by Gasteiger charge is -2.09. The zero-order valence-electron chi connectivity index (χ0n) is 7.53. The molecule has 1 heterocycles. The minimum Gasteiger partial charge on any atom is -0.465 e. The molecule has 0 atom stereocenters. The zero-order chi connectivity index (χ0) is 10.1. The van der Waals surface area contributed by atoms with Gasteiger partial charge in [-0.3, -0.25) is 4.90 Å². The first-order valence-corrected chi connectivity index (χ1v) is 4.89. The Morgan fingerprint density at radius 2 is 2.29 bits per heavy atom. The molecule has 0 saturated carbocycles. The first-order chi connectivity index (χ1) is 6.72. The van der Waals surface area contributed by atoms with E-state index in [1.54, 1.807) is 0 Å². The molecule has 1 aliphatic heterocycles. The molecule has 0 aromatic heterocycles. The second-order valence-corrected chi connectivity index (χ2v) is 3.59. The van der Waals surface area contributed by atoms with Gasteiger partial charge in [0.25, 0.3) is 0 Å². The summed E-state index contributed by atoms with van der Waals surface area (Å²) in [4.78, 5) is 12.2. The van der Waals surface area contributed by atoms with Crippen molar-refractivity contribution in [2.45, 2.75) is 19.0 Å². The van der Waals surface area contributed by atoms with Crippen molar-refractivity contribution in [2.24, 2.45) is 0 Å². The Bertz CT molecular complexity index is 378. The molecule has 0 radical (unpaired) electrons. The average Bonchev–Trinajstić information content (AvgIpc) is 2.60. The van der Waals surface area contributed by atoms with Crippen molar-refractivity contribution in [3.05, 3.63) is 34.9 Å². The van der Waals surface area contributed by atoms with Crippen molar-refractivity contribution < 1.29 is 9.90 Å². The fraction of sp³-hybridized carbons (Fsp3) is 0.300. The highest BCUT2D eigenvalue weighted by Crippen LogP contribution is 2.26.